The highest BCUT2D eigenvalue weighted by atomic mass is 16.5. The molecule has 0 aromatic heterocycles. The smallest absolute Gasteiger partial charge is 0.314 e. The summed E-state index contributed by atoms with van der Waals surface area (Å²) in [5.74, 6) is -0.878. The molecule has 4 nitrogen and oxygen atoms in total. The van der Waals surface area contributed by atoms with Gasteiger partial charge in [0.05, 0.1) is 25.4 Å². The molecule has 0 aromatic carbocycles. The number of carboxylic acids is 1. The van der Waals surface area contributed by atoms with Gasteiger partial charge in [-0.15, -0.1) is 0 Å². The Labute approximate surface area is 97.9 Å². The van der Waals surface area contributed by atoms with Crippen molar-refractivity contribution in [2.24, 2.45) is 5.41 Å². The molecule has 0 rings (SSSR count). The minimum atomic E-state index is -0.965. The third-order valence-corrected chi connectivity index (χ3v) is 2.51. The van der Waals surface area contributed by atoms with Gasteiger partial charge in [-0.2, -0.15) is 0 Å². The van der Waals surface area contributed by atoms with Crippen molar-refractivity contribution in [1.82, 2.24) is 0 Å². The predicted octanol–water partition coefficient (Wildman–Crippen LogP) is 2.32. The maximum Gasteiger partial charge on any atom is 0.314 e. The van der Waals surface area contributed by atoms with Gasteiger partial charge in [-0.25, -0.2) is 0 Å². The number of hydrogen-bond donors (Lipinski definition) is 1. The first-order valence-electron chi connectivity index (χ1n) is 5.78. The molecule has 0 saturated carbocycles. The molecule has 0 heterocycles. The van der Waals surface area contributed by atoms with Crippen LogP contribution in [0.4, 0.5) is 0 Å². The highest BCUT2D eigenvalue weighted by Crippen LogP contribution is 2.20. The molecule has 4 heteroatoms. The van der Waals surface area contributed by atoms with Crippen LogP contribution in [0.15, 0.2) is 0 Å². The molecular formula is C12H24O4. The Morgan fingerprint density at radius 1 is 1.25 bits per heavy atom. The van der Waals surface area contributed by atoms with Crippen LogP contribution in [0.25, 0.3) is 0 Å². The van der Waals surface area contributed by atoms with Gasteiger partial charge < -0.3 is 14.6 Å². The summed E-state index contributed by atoms with van der Waals surface area (Å²) in [7, 11) is 0. The fourth-order valence-corrected chi connectivity index (χ4v) is 0.960. The largest absolute Gasteiger partial charge is 0.481 e. The van der Waals surface area contributed by atoms with Gasteiger partial charge in [0.2, 0.25) is 0 Å². The summed E-state index contributed by atoms with van der Waals surface area (Å²) in [6.45, 7) is 9.73. The Morgan fingerprint density at radius 2 is 1.75 bits per heavy atom. The fourth-order valence-electron chi connectivity index (χ4n) is 0.960. The van der Waals surface area contributed by atoms with E-state index in [4.69, 9.17) is 9.47 Å². The van der Waals surface area contributed by atoms with E-state index in [2.05, 4.69) is 0 Å². The lowest BCUT2D eigenvalue weighted by molar-refractivity contribution is -0.159. The van der Waals surface area contributed by atoms with E-state index in [9.17, 15) is 9.90 Å². The molecule has 0 aliphatic heterocycles. The minimum Gasteiger partial charge on any atom is -0.481 e. The van der Waals surface area contributed by atoms with Gasteiger partial charge in [-0.05, 0) is 34.1 Å². The molecule has 0 amide bonds. The van der Waals surface area contributed by atoms with Gasteiger partial charge in [0.15, 0.2) is 0 Å². The van der Waals surface area contributed by atoms with Crippen LogP contribution in [-0.4, -0.2) is 36.5 Å². The normalized spacial score (nSPS) is 17.1. The third kappa shape index (κ3) is 5.47. The van der Waals surface area contributed by atoms with E-state index in [0.29, 0.717) is 0 Å². The lowest BCUT2D eigenvalue weighted by Gasteiger charge is -2.27. The van der Waals surface area contributed by atoms with Crippen LogP contribution in [0.2, 0.25) is 0 Å². The second-order valence-corrected chi connectivity index (χ2v) is 4.76. The van der Waals surface area contributed by atoms with Crippen LogP contribution >= 0.6 is 0 Å². The second kappa shape index (κ2) is 6.86. The van der Waals surface area contributed by atoms with E-state index < -0.39 is 11.4 Å². The van der Waals surface area contributed by atoms with Gasteiger partial charge in [0.1, 0.15) is 5.41 Å². The molecule has 0 bridgehead atoms. The van der Waals surface area contributed by atoms with Crippen LogP contribution in [-0.2, 0) is 14.3 Å². The van der Waals surface area contributed by atoms with Crippen molar-refractivity contribution < 1.29 is 19.4 Å². The number of rotatable bonds is 8. The zero-order chi connectivity index (χ0) is 12.8. The monoisotopic (exact) mass is 232 g/mol. The number of ether oxygens (including phenoxy) is 2. The summed E-state index contributed by atoms with van der Waals surface area (Å²) in [5.41, 5.74) is -0.965. The molecule has 96 valence electrons. The molecule has 0 spiro atoms. The molecule has 1 N–H and O–H groups in total. The molecule has 0 saturated heterocycles. The highest BCUT2D eigenvalue weighted by molar-refractivity contribution is 5.74. The van der Waals surface area contributed by atoms with Crippen molar-refractivity contribution in [2.45, 2.75) is 53.2 Å². The van der Waals surface area contributed by atoms with E-state index in [-0.39, 0.29) is 25.4 Å². The maximum atomic E-state index is 11.2. The summed E-state index contributed by atoms with van der Waals surface area (Å²) < 4.78 is 10.9. The van der Waals surface area contributed by atoms with Gasteiger partial charge >= 0.3 is 5.97 Å². The molecule has 0 aliphatic carbocycles. The predicted molar refractivity (Wildman–Crippen MR) is 62.5 cm³/mol. The standard InChI is InChI=1S/C12H24O4/c1-6-10(4)16-8-12(5,11(13)14)7-15-9(2)3/h9-10H,6-8H2,1-5H3,(H,13,14). The Kier molecular flexibility index (Phi) is 6.60. The van der Waals surface area contributed by atoms with Crippen molar-refractivity contribution >= 4 is 5.97 Å². The van der Waals surface area contributed by atoms with Crippen LogP contribution < -0.4 is 0 Å². The number of carbonyl (C=O) groups is 1. The molecule has 2 atom stereocenters. The number of aliphatic carboxylic acids is 1. The van der Waals surface area contributed by atoms with Gasteiger partial charge in [0, 0.05) is 0 Å². The van der Waals surface area contributed by atoms with Crippen LogP contribution in [0.3, 0.4) is 0 Å². The molecule has 2 unspecified atom stereocenters. The van der Waals surface area contributed by atoms with E-state index in [0.717, 1.165) is 6.42 Å². The highest BCUT2D eigenvalue weighted by Gasteiger charge is 2.34. The minimum absolute atomic E-state index is 0.0299. The average molecular weight is 232 g/mol. The third-order valence-electron chi connectivity index (χ3n) is 2.51. The summed E-state index contributed by atoms with van der Waals surface area (Å²) in [6, 6.07) is 0. The topological polar surface area (TPSA) is 55.8 Å². The van der Waals surface area contributed by atoms with Crippen molar-refractivity contribution in [3.8, 4) is 0 Å². The molecule has 16 heavy (non-hydrogen) atoms. The van der Waals surface area contributed by atoms with E-state index in [1.54, 1.807) is 6.92 Å². The Bertz CT molecular complexity index is 215. The van der Waals surface area contributed by atoms with Crippen molar-refractivity contribution in [2.75, 3.05) is 13.2 Å². The van der Waals surface area contributed by atoms with Crippen molar-refractivity contribution in [1.29, 1.82) is 0 Å². The fraction of sp³-hybridized carbons (Fsp3) is 0.917. The molecule has 0 fully saturated rings. The van der Waals surface area contributed by atoms with Gasteiger partial charge in [-0.3, -0.25) is 4.79 Å². The van der Waals surface area contributed by atoms with Crippen LogP contribution in [0.1, 0.15) is 41.0 Å². The second-order valence-electron chi connectivity index (χ2n) is 4.76. The van der Waals surface area contributed by atoms with E-state index >= 15 is 0 Å². The summed E-state index contributed by atoms with van der Waals surface area (Å²) >= 11 is 0. The first-order chi connectivity index (χ1) is 7.31. The number of hydrogen-bond acceptors (Lipinski definition) is 3. The molecule has 0 aromatic rings. The first kappa shape index (κ1) is 15.4. The van der Waals surface area contributed by atoms with E-state index in [1.165, 1.54) is 0 Å². The van der Waals surface area contributed by atoms with Crippen molar-refractivity contribution in [3.05, 3.63) is 0 Å². The zero-order valence-electron chi connectivity index (χ0n) is 10.9. The summed E-state index contributed by atoms with van der Waals surface area (Å²) in [5, 5.41) is 9.17. The zero-order valence-corrected chi connectivity index (χ0v) is 10.9. The molecular weight excluding hydrogens is 208 g/mol. The van der Waals surface area contributed by atoms with Crippen LogP contribution in [0, 0.1) is 5.41 Å². The lowest BCUT2D eigenvalue weighted by Crippen LogP contribution is -2.39. The Hall–Kier alpha value is -0.610. The lowest BCUT2D eigenvalue weighted by atomic mass is 9.93. The van der Waals surface area contributed by atoms with Crippen molar-refractivity contribution in [3.63, 3.8) is 0 Å². The Morgan fingerprint density at radius 3 is 2.12 bits per heavy atom. The average Bonchev–Trinajstić information content (AvgIpc) is 2.22. The first-order valence-corrected chi connectivity index (χ1v) is 5.78. The van der Waals surface area contributed by atoms with Crippen LogP contribution in [0.5, 0.6) is 0 Å². The number of carboxylic acid groups (broad SMARTS) is 1. The van der Waals surface area contributed by atoms with Gasteiger partial charge in [0.25, 0.3) is 0 Å². The Balaban J connectivity index is 4.28. The SMILES string of the molecule is CCC(C)OCC(C)(COC(C)C)C(=O)O. The summed E-state index contributed by atoms with van der Waals surface area (Å²) in [4.78, 5) is 11.2. The molecule has 0 radical (unpaired) electrons. The summed E-state index contributed by atoms with van der Waals surface area (Å²) in [6.07, 6.45) is 0.987. The maximum absolute atomic E-state index is 11.2. The van der Waals surface area contributed by atoms with E-state index in [1.807, 2.05) is 27.7 Å². The quantitative estimate of drug-likeness (QED) is 0.697. The van der Waals surface area contributed by atoms with Gasteiger partial charge in [-0.1, -0.05) is 6.92 Å². The molecule has 0 aliphatic rings.